The topological polar surface area (TPSA) is 52.5 Å². The van der Waals surface area contributed by atoms with Gasteiger partial charge in [-0.25, -0.2) is 4.98 Å². The molecule has 2 aromatic heterocycles. The van der Waals surface area contributed by atoms with E-state index < -0.39 is 5.54 Å². The summed E-state index contributed by atoms with van der Waals surface area (Å²) in [5.41, 5.74) is 8.11. The first kappa shape index (κ1) is 13.1. The number of nitrogens with two attached hydrogens (primary N) is 1. The summed E-state index contributed by atoms with van der Waals surface area (Å²) < 4.78 is 7.21. The quantitative estimate of drug-likeness (QED) is 0.803. The number of methoxy groups -OCH3 is 1. The van der Waals surface area contributed by atoms with Crippen molar-refractivity contribution in [2.24, 2.45) is 5.73 Å². The number of nitrogens with zero attached hydrogens (tertiary/aromatic N) is 2. The molecule has 0 radical (unpaired) electrons. The Bertz CT molecular complexity index is 684. The Balaban J connectivity index is 1.84. The number of hydrogen-bond acceptors (Lipinski definition) is 4. The monoisotopic (exact) mass is 287 g/mol. The van der Waals surface area contributed by atoms with Crippen molar-refractivity contribution in [1.29, 1.82) is 0 Å². The lowest BCUT2D eigenvalue weighted by molar-refractivity contribution is 0.413. The van der Waals surface area contributed by atoms with E-state index in [0.29, 0.717) is 6.42 Å². The van der Waals surface area contributed by atoms with Crippen LogP contribution in [0.25, 0.3) is 4.96 Å². The van der Waals surface area contributed by atoms with Gasteiger partial charge in [0.15, 0.2) is 4.96 Å². The van der Waals surface area contributed by atoms with Crippen molar-refractivity contribution in [3.8, 4) is 5.75 Å². The summed E-state index contributed by atoms with van der Waals surface area (Å²) in [6, 6.07) is 7.90. The molecule has 0 aliphatic heterocycles. The van der Waals surface area contributed by atoms with Crippen molar-refractivity contribution in [3.63, 3.8) is 0 Å². The molecule has 4 nitrogen and oxygen atoms in total. The highest BCUT2D eigenvalue weighted by atomic mass is 32.1. The second-order valence-corrected chi connectivity index (χ2v) is 6.02. The van der Waals surface area contributed by atoms with Crippen LogP contribution in [0.5, 0.6) is 5.75 Å². The third-order valence-electron chi connectivity index (χ3n) is 3.44. The number of rotatable bonds is 4. The molecule has 2 heterocycles. The van der Waals surface area contributed by atoms with Crippen LogP contribution in [0.2, 0.25) is 0 Å². The average molecular weight is 287 g/mol. The van der Waals surface area contributed by atoms with Gasteiger partial charge >= 0.3 is 0 Å². The molecule has 104 valence electrons. The van der Waals surface area contributed by atoms with E-state index in [1.165, 1.54) is 0 Å². The summed E-state index contributed by atoms with van der Waals surface area (Å²) in [5, 5.41) is 2.03. The van der Waals surface area contributed by atoms with Crippen molar-refractivity contribution < 1.29 is 4.74 Å². The molecule has 0 bridgehead atoms. The number of imidazole rings is 1. The molecule has 0 aliphatic carbocycles. The number of aromatic nitrogens is 2. The molecule has 3 aromatic rings. The van der Waals surface area contributed by atoms with Gasteiger partial charge in [0, 0.05) is 29.7 Å². The minimum atomic E-state index is -0.448. The molecule has 5 heteroatoms. The third kappa shape index (κ3) is 2.42. The standard InChI is InChI=1S/C15H17N3OS/c1-15(16,11-3-5-13(19-2)6-4-11)9-12-10-18-7-8-20-14(18)17-12/h3-8,10H,9,16H2,1-2H3. The Morgan fingerprint density at radius 1 is 1.35 bits per heavy atom. The van der Waals surface area contributed by atoms with Crippen molar-refractivity contribution in [2.75, 3.05) is 7.11 Å². The van der Waals surface area contributed by atoms with Crippen LogP contribution in [0.4, 0.5) is 0 Å². The molecule has 0 fully saturated rings. The van der Waals surface area contributed by atoms with Gasteiger partial charge in [0.2, 0.25) is 0 Å². The summed E-state index contributed by atoms with van der Waals surface area (Å²) in [6.45, 7) is 2.03. The van der Waals surface area contributed by atoms with E-state index in [-0.39, 0.29) is 0 Å². The third-order valence-corrected chi connectivity index (χ3v) is 4.21. The van der Waals surface area contributed by atoms with Crippen molar-refractivity contribution >= 4 is 16.3 Å². The summed E-state index contributed by atoms with van der Waals surface area (Å²) >= 11 is 1.63. The second-order valence-electron chi connectivity index (χ2n) is 5.15. The maximum absolute atomic E-state index is 6.47. The Hall–Kier alpha value is -1.85. The zero-order valence-corrected chi connectivity index (χ0v) is 12.4. The highest BCUT2D eigenvalue weighted by Crippen LogP contribution is 2.25. The lowest BCUT2D eigenvalue weighted by Gasteiger charge is -2.24. The van der Waals surface area contributed by atoms with Crippen LogP contribution in [-0.2, 0) is 12.0 Å². The van der Waals surface area contributed by atoms with Crippen LogP contribution in [0, 0.1) is 0 Å². The van der Waals surface area contributed by atoms with Crippen LogP contribution < -0.4 is 10.5 Å². The minimum Gasteiger partial charge on any atom is -0.497 e. The molecule has 1 unspecified atom stereocenters. The Kier molecular flexibility index (Phi) is 3.23. The van der Waals surface area contributed by atoms with Gasteiger partial charge in [-0.3, -0.25) is 4.40 Å². The van der Waals surface area contributed by atoms with E-state index in [2.05, 4.69) is 4.98 Å². The molecule has 2 N–H and O–H groups in total. The van der Waals surface area contributed by atoms with E-state index in [0.717, 1.165) is 22.0 Å². The molecule has 0 saturated heterocycles. The van der Waals surface area contributed by atoms with Gasteiger partial charge < -0.3 is 10.5 Å². The number of fused-ring (bicyclic) bond motifs is 1. The number of hydrogen-bond donors (Lipinski definition) is 1. The minimum absolute atomic E-state index is 0.448. The molecule has 3 rings (SSSR count). The fourth-order valence-electron chi connectivity index (χ4n) is 2.31. The fourth-order valence-corrected chi connectivity index (χ4v) is 3.03. The lowest BCUT2D eigenvalue weighted by Crippen LogP contribution is -2.35. The first-order chi connectivity index (χ1) is 9.58. The summed E-state index contributed by atoms with van der Waals surface area (Å²) in [6.07, 6.45) is 4.76. The zero-order chi connectivity index (χ0) is 14.2. The first-order valence-corrected chi connectivity index (χ1v) is 7.31. The Labute approximate surface area is 121 Å². The maximum Gasteiger partial charge on any atom is 0.193 e. The van der Waals surface area contributed by atoms with Gasteiger partial charge in [-0.2, -0.15) is 0 Å². The van der Waals surface area contributed by atoms with Gasteiger partial charge in [0.1, 0.15) is 5.75 Å². The molecule has 1 aromatic carbocycles. The van der Waals surface area contributed by atoms with Crippen molar-refractivity contribution in [2.45, 2.75) is 18.9 Å². The number of thiazole rings is 1. The van der Waals surface area contributed by atoms with Gasteiger partial charge in [0.25, 0.3) is 0 Å². The predicted molar refractivity (Wildman–Crippen MR) is 81.3 cm³/mol. The van der Waals surface area contributed by atoms with Crippen LogP contribution in [-0.4, -0.2) is 16.5 Å². The smallest absolute Gasteiger partial charge is 0.193 e. The number of benzene rings is 1. The van der Waals surface area contributed by atoms with E-state index in [1.54, 1.807) is 18.4 Å². The Morgan fingerprint density at radius 3 is 2.75 bits per heavy atom. The lowest BCUT2D eigenvalue weighted by atomic mass is 9.88. The maximum atomic E-state index is 6.47. The molecular formula is C15H17N3OS. The van der Waals surface area contributed by atoms with Crippen molar-refractivity contribution in [3.05, 3.63) is 53.3 Å². The molecule has 0 amide bonds. The second kappa shape index (κ2) is 4.92. The van der Waals surface area contributed by atoms with Crippen LogP contribution in [0.1, 0.15) is 18.2 Å². The summed E-state index contributed by atoms with van der Waals surface area (Å²) in [7, 11) is 1.66. The zero-order valence-electron chi connectivity index (χ0n) is 11.5. The van der Waals surface area contributed by atoms with Crippen molar-refractivity contribution in [1.82, 2.24) is 9.38 Å². The van der Waals surface area contributed by atoms with Crippen LogP contribution >= 0.6 is 11.3 Å². The van der Waals surface area contributed by atoms with E-state index >= 15 is 0 Å². The highest BCUT2D eigenvalue weighted by molar-refractivity contribution is 7.15. The Morgan fingerprint density at radius 2 is 2.10 bits per heavy atom. The van der Waals surface area contributed by atoms with Gasteiger partial charge in [0.05, 0.1) is 12.8 Å². The van der Waals surface area contributed by atoms with Gasteiger partial charge in [-0.15, -0.1) is 11.3 Å². The highest BCUT2D eigenvalue weighted by Gasteiger charge is 2.23. The van der Waals surface area contributed by atoms with E-state index in [9.17, 15) is 0 Å². The van der Waals surface area contributed by atoms with Gasteiger partial charge in [-0.05, 0) is 24.6 Å². The van der Waals surface area contributed by atoms with E-state index in [4.69, 9.17) is 10.5 Å². The SMILES string of the molecule is COc1ccc(C(C)(N)Cc2cn3ccsc3n2)cc1. The summed E-state index contributed by atoms with van der Waals surface area (Å²) in [4.78, 5) is 5.60. The van der Waals surface area contributed by atoms with Crippen LogP contribution in [0.3, 0.4) is 0 Å². The predicted octanol–water partition coefficient (Wildman–Crippen LogP) is 2.82. The fraction of sp³-hybridized carbons (Fsp3) is 0.267. The molecular weight excluding hydrogens is 270 g/mol. The van der Waals surface area contributed by atoms with E-state index in [1.807, 2.05) is 53.4 Å². The largest absolute Gasteiger partial charge is 0.497 e. The molecule has 0 saturated carbocycles. The molecule has 0 aliphatic rings. The summed E-state index contributed by atoms with van der Waals surface area (Å²) in [5.74, 6) is 0.840. The normalized spacial score (nSPS) is 14.3. The first-order valence-electron chi connectivity index (χ1n) is 6.43. The average Bonchev–Trinajstić information content (AvgIpc) is 2.99. The number of ether oxygens (including phenoxy) is 1. The molecule has 0 spiro atoms. The van der Waals surface area contributed by atoms with Gasteiger partial charge in [-0.1, -0.05) is 12.1 Å². The van der Waals surface area contributed by atoms with Crippen LogP contribution in [0.15, 0.2) is 42.0 Å². The molecule has 1 atom stereocenters. The molecule has 20 heavy (non-hydrogen) atoms.